The molecule has 1 atom stereocenters. The summed E-state index contributed by atoms with van der Waals surface area (Å²) in [6, 6.07) is 9.94. The summed E-state index contributed by atoms with van der Waals surface area (Å²) in [5.41, 5.74) is 7.00. The quantitative estimate of drug-likeness (QED) is 0.922. The average molecular weight is 289 g/mol. The van der Waals surface area contributed by atoms with Crippen molar-refractivity contribution >= 4 is 5.91 Å². The maximum Gasteiger partial charge on any atom is 0.244 e. The van der Waals surface area contributed by atoms with Crippen LogP contribution in [0.3, 0.4) is 0 Å². The molecule has 21 heavy (non-hydrogen) atoms. The number of hydrogen-bond donors (Lipinski definition) is 1. The Morgan fingerprint density at radius 3 is 2.33 bits per heavy atom. The van der Waals surface area contributed by atoms with Crippen LogP contribution in [0.2, 0.25) is 0 Å². The van der Waals surface area contributed by atoms with Gasteiger partial charge in [-0.1, -0.05) is 30.3 Å². The summed E-state index contributed by atoms with van der Waals surface area (Å²) in [6.07, 6.45) is 2.06. The highest BCUT2D eigenvalue weighted by atomic mass is 16.2. The molecule has 0 saturated carbocycles. The van der Waals surface area contributed by atoms with Crippen molar-refractivity contribution < 1.29 is 4.79 Å². The topological polar surface area (TPSA) is 49.6 Å². The summed E-state index contributed by atoms with van der Waals surface area (Å²) in [6.45, 7) is 6.56. The predicted molar refractivity (Wildman–Crippen MR) is 85.9 cm³/mol. The molecule has 0 spiro atoms. The number of piperidine rings is 1. The molecule has 1 unspecified atom stereocenters. The molecule has 1 aliphatic heterocycles. The van der Waals surface area contributed by atoms with Crippen LogP contribution in [-0.4, -0.2) is 47.9 Å². The molecule has 1 aromatic rings. The second-order valence-electron chi connectivity index (χ2n) is 6.20. The molecule has 0 aliphatic carbocycles. The van der Waals surface area contributed by atoms with Gasteiger partial charge in [0, 0.05) is 32.2 Å². The first-order chi connectivity index (χ1) is 10.0. The van der Waals surface area contributed by atoms with E-state index in [2.05, 4.69) is 18.7 Å². The molecule has 1 heterocycles. The van der Waals surface area contributed by atoms with E-state index < -0.39 is 6.04 Å². The molecule has 2 rings (SSSR count). The monoisotopic (exact) mass is 289 g/mol. The molecule has 0 aromatic heterocycles. The van der Waals surface area contributed by atoms with Crippen LogP contribution in [0.15, 0.2) is 30.3 Å². The number of amides is 1. The lowest BCUT2D eigenvalue weighted by Gasteiger charge is -2.39. The minimum Gasteiger partial charge on any atom is -0.341 e. The Hall–Kier alpha value is -1.39. The Kier molecular flexibility index (Phi) is 5.37. The van der Waals surface area contributed by atoms with E-state index in [0.717, 1.165) is 31.5 Å². The summed E-state index contributed by atoms with van der Waals surface area (Å²) in [5, 5.41) is 0. The van der Waals surface area contributed by atoms with E-state index in [0.29, 0.717) is 12.1 Å². The minimum absolute atomic E-state index is 0.0178. The molecule has 0 radical (unpaired) electrons. The van der Waals surface area contributed by atoms with Crippen molar-refractivity contribution in [3.05, 3.63) is 35.9 Å². The number of likely N-dealkylation sites (tertiary alicyclic amines) is 1. The van der Waals surface area contributed by atoms with Gasteiger partial charge >= 0.3 is 0 Å². The maximum absolute atomic E-state index is 12.5. The Morgan fingerprint density at radius 1 is 1.24 bits per heavy atom. The summed E-state index contributed by atoms with van der Waals surface area (Å²) in [7, 11) is 1.89. The zero-order valence-electron chi connectivity index (χ0n) is 13.3. The highest BCUT2D eigenvalue weighted by molar-refractivity contribution is 5.83. The van der Waals surface area contributed by atoms with E-state index in [1.165, 1.54) is 0 Å². The number of carbonyl (C=O) groups excluding carboxylic acids is 1. The van der Waals surface area contributed by atoms with Crippen LogP contribution in [0.25, 0.3) is 0 Å². The van der Waals surface area contributed by atoms with Crippen molar-refractivity contribution in [1.82, 2.24) is 9.80 Å². The molecule has 1 fully saturated rings. The van der Waals surface area contributed by atoms with E-state index >= 15 is 0 Å². The Balaban J connectivity index is 1.94. The zero-order valence-corrected chi connectivity index (χ0v) is 13.3. The summed E-state index contributed by atoms with van der Waals surface area (Å²) < 4.78 is 0. The zero-order chi connectivity index (χ0) is 15.4. The number of rotatable bonds is 4. The van der Waals surface area contributed by atoms with Gasteiger partial charge in [-0.05, 0) is 32.3 Å². The number of carbonyl (C=O) groups is 1. The Labute approximate surface area is 127 Å². The van der Waals surface area contributed by atoms with Crippen molar-refractivity contribution in [2.45, 2.75) is 44.8 Å². The number of likely N-dealkylation sites (N-methyl/N-ethyl adjacent to an activating group) is 1. The molecular formula is C17H27N3O. The van der Waals surface area contributed by atoms with E-state index in [1.807, 2.05) is 42.3 Å². The number of nitrogens with zero attached hydrogens (tertiary/aromatic N) is 2. The fourth-order valence-corrected chi connectivity index (χ4v) is 2.99. The molecule has 4 heteroatoms. The van der Waals surface area contributed by atoms with Crippen LogP contribution >= 0.6 is 0 Å². The van der Waals surface area contributed by atoms with Crippen LogP contribution in [0, 0.1) is 0 Å². The van der Waals surface area contributed by atoms with Crippen molar-refractivity contribution in [3.8, 4) is 0 Å². The molecular weight excluding hydrogens is 262 g/mol. The molecule has 1 amide bonds. The third kappa shape index (κ3) is 3.83. The SMILES string of the molecule is CC(C)N1CCC(N(C)C(=O)C(N)c2ccccc2)CC1. The fourth-order valence-electron chi connectivity index (χ4n) is 2.99. The van der Waals surface area contributed by atoms with Gasteiger partial charge in [0.05, 0.1) is 0 Å². The predicted octanol–water partition coefficient (Wildman–Crippen LogP) is 2.02. The summed E-state index contributed by atoms with van der Waals surface area (Å²) in [4.78, 5) is 16.9. The van der Waals surface area contributed by atoms with Gasteiger partial charge in [-0.2, -0.15) is 0 Å². The molecule has 116 valence electrons. The van der Waals surface area contributed by atoms with Gasteiger partial charge in [-0.3, -0.25) is 4.79 Å². The lowest BCUT2D eigenvalue weighted by Crippen LogP contribution is -2.49. The highest BCUT2D eigenvalue weighted by Crippen LogP contribution is 2.20. The van der Waals surface area contributed by atoms with Gasteiger partial charge in [-0.25, -0.2) is 0 Å². The number of nitrogens with two attached hydrogens (primary N) is 1. The van der Waals surface area contributed by atoms with Gasteiger partial charge in [0.25, 0.3) is 0 Å². The molecule has 1 saturated heterocycles. The second-order valence-corrected chi connectivity index (χ2v) is 6.20. The van der Waals surface area contributed by atoms with E-state index in [9.17, 15) is 4.79 Å². The van der Waals surface area contributed by atoms with Crippen molar-refractivity contribution in [3.63, 3.8) is 0 Å². The fraction of sp³-hybridized carbons (Fsp3) is 0.588. The lowest BCUT2D eigenvalue weighted by atomic mass is 10.00. The molecule has 0 bridgehead atoms. The lowest BCUT2D eigenvalue weighted by molar-refractivity contribution is -0.134. The standard InChI is InChI=1S/C17H27N3O/c1-13(2)20-11-9-15(10-12-20)19(3)17(21)16(18)14-7-5-4-6-8-14/h4-8,13,15-16H,9-12,18H2,1-3H3. The number of hydrogen-bond acceptors (Lipinski definition) is 3. The van der Waals surface area contributed by atoms with E-state index in [4.69, 9.17) is 5.73 Å². The van der Waals surface area contributed by atoms with Gasteiger partial charge in [0.15, 0.2) is 0 Å². The van der Waals surface area contributed by atoms with Crippen LogP contribution in [0.1, 0.15) is 38.3 Å². The molecule has 2 N–H and O–H groups in total. The van der Waals surface area contributed by atoms with Crippen LogP contribution in [-0.2, 0) is 4.79 Å². The van der Waals surface area contributed by atoms with Crippen molar-refractivity contribution in [1.29, 1.82) is 0 Å². The second kappa shape index (κ2) is 7.05. The number of benzene rings is 1. The first kappa shape index (κ1) is 16.0. The summed E-state index contributed by atoms with van der Waals surface area (Å²) in [5.74, 6) is 0.0178. The van der Waals surface area contributed by atoms with Gasteiger partial charge in [-0.15, -0.1) is 0 Å². The first-order valence-corrected chi connectivity index (χ1v) is 7.82. The van der Waals surface area contributed by atoms with Gasteiger partial charge in [0.1, 0.15) is 6.04 Å². The molecule has 1 aliphatic rings. The largest absolute Gasteiger partial charge is 0.341 e. The molecule has 4 nitrogen and oxygen atoms in total. The Bertz CT molecular complexity index is 452. The van der Waals surface area contributed by atoms with Crippen LogP contribution < -0.4 is 5.73 Å². The molecule has 1 aromatic carbocycles. The Morgan fingerprint density at radius 2 is 1.81 bits per heavy atom. The van der Waals surface area contributed by atoms with E-state index in [-0.39, 0.29) is 5.91 Å². The third-order valence-corrected chi connectivity index (χ3v) is 4.55. The van der Waals surface area contributed by atoms with Crippen molar-refractivity contribution in [2.24, 2.45) is 5.73 Å². The van der Waals surface area contributed by atoms with Crippen molar-refractivity contribution in [2.75, 3.05) is 20.1 Å². The normalized spacial score (nSPS) is 18.7. The smallest absolute Gasteiger partial charge is 0.244 e. The van der Waals surface area contributed by atoms with Gasteiger partial charge < -0.3 is 15.5 Å². The van der Waals surface area contributed by atoms with Gasteiger partial charge in [0.2, 0.25) is 5.91 Å². The summed E-state index contributed by atoms with van der Waals surface area (Å²) >= 11 is 0. The minimum atomic E-state index is -0.556. The first-order valence-electron chi connectivity index (χ1n) is 7.82. The van der Waals surface area contributed by atoms with Crippen LogP contribution in [0.5, 0.6) is 0 Å². The maximum atomic E-state index is 12.5. The van der Waals surface area contributed by atoms with E-state index in [1.54, 1.807) is 0 Å². The van der Waals surface area contributed by atoms with Crippen LogP contribution in [0.4, 0.5) is 0 Å². The average Bonchev–Trinajstić information content (AvgIpc) is 2.53. The third-order valence-electron chi connectivity index (χ3n) is 4.55. The highest BCUT2D eigenvalue weighted by Gasteiger charge is 2.29.